The van der Waals surface area contributed by atoms with Gasteiger partial charge in [0.15, 0.2) is 0 Å². The summed E-state index contributed by atoms with van der Waals surface area (Å²) in [6.07, 6.45) is 3.51. The standard InChI is InChI=1S/C17H22N2OS/c1-2-18-12-15-17(13-8-9-13)19-16(21-15)10-11-20-14-6-4-3-5-7-14/h3-7,13,18H,2,8-12H2,1H3. The number of nitrogens with one attached hydrogen (secondary N) is 1. The van der Waals surface area contributed by atoms with Gasteiger partial charge in [0.1, 0.15) is 5.75 Å². The second kappa shape index (κ2) is 7.05. The maximum atomic E-state index is 5.77. The summed E-state index contributed by atoms with van der Waals surface area (Å²) in [5, 5.41) is 4.63. The maximum Gasteiger partial charge on any atom is 0.119 e. The number of hydrogen-bond acceptors (Lipinski definition) is 4. The van der Waals surface area contributed by atoms with E-state index in [1.807, 2.05) is 41.7 Å². The molecule has 1 aliphatic carbocycles. The number of thiazole rings is 1. The molecule has 0 aliphatic heterocycles. The third kappa shape index (κ3) is 4.05. The van der Waals surface area contributed by atoms with Crippen molar-refractivity contribution in [1.29, 1.82) is 0 Å². The fraction of sp³-hybridized carbons (Fsp3) is 0.471. The zero-order valence-corrected chi connectivity index (χ0v) is 13.3. The van der Waals surface area contributed by atoms with E-state index in [0.717, 1.165) is 31.2 Å². The average Bonchev–Trinajstić information content (AvgIpc) is 3.28. The van der Waals surface area contributed by atoms with Crippen molar-refractivity contribution in [3.8, 4) is 5.75 Å². The highest BCUT2D eigenvalue weighted by atomic mass is 32.1. The van der Waals surface area contributed by atoms with Crippen LogP contribution in [0.1, 0.15) is 41.3 Å². The van der Waals surface area contributed by atoms with Crippen molar-refractivity contribution >= 4 is 11.3 Å². The molecule has 0 spiro atoms. The molecule has 1 heterocycles. The summed E-state index contributed by atoms with van der Waals surface area (Å²) in [4.78, 5) is 6.28. The van der Waals surface area contributed by atoms with E-state index in [1.54, 1.807) is 0 Å². The molecule has 1 aromatic heterocycles. The number of aromatic nitrogens is 1. The minimum atomic E-state index is 0.697. The molecule has 21 heavy (non-hydrogen) atoms. The summed E-state index contributed by atoms with van der Waals surface area (Å²) in [6, 6.07) is 9.99. The lowest BCUT2D eigenvalue weighted by atomic mass is 10.2. The number of rotatable bonds is 8. The largest absolute Gasteiger partial charge is 0.493 e. The zero-order chi connectivity index (χ0) is 14.5. The summed E-state index contributed by atoms with van der Waals surface area (Å²) in [5.74, 6) is 1.66. The van der Waals surface area contributed by atoms with Crippen LogP contribution >= 0.6 is 11.3 Å². The molecular formula is C17H22N2OS. The van der Waals surface area contributed by atoms with Crippen molar-refractivity contribution in [3.63, 3.8) is 0 Å². The Morgan fingerprint density at radius 2 is 2.10 bits per heavy atom. The summed E-state index contributed by atoms with van der Waals surface area (Å²) >= 11 is 1.85. The molecular weight excluding hydrogens is 280 g/mol. The van der Waals surface area contributed by atoms with Crippen LogP contribution in [0.4, 0.5) is 0 Å². The molecule has 0 atom stereocenters. The van der Waals surface area contributed by atoms with E-state index in [2.05, 4.69) is 12.2 Å². The molecule has 3 rings (SSSR count). The molecule has 3 nitrogen and oxygen atoms in total. The number of para-hydroxylation sites is 1. The number of nitrogens with zero attached hydrogens (tertiary/aromatic N) is 1. The van der Waals surface area contributed by atoms with Gasteiger partial charge in [-0.25, -0.2) is 4.98 Å². The molecule has 0 amide bonds. The fourth-order valence-electron chi connectivity index (χ4n) is 2.33. The second-order valence-corrected chi connectivity index (χ2v) is 6.55. The molecule has 0 saturated heterocycles. The molecule has 1 aromatic carbocycles. The SMILES string of the molecule is CCNCc1sc(CCOc2ccccc2)nc1C1CC1. The molecule has 4 heteroatoms. The predicted molar refractivity (Wildman–Crippen MR) is 87.1 cm³/mol. The van der Waals surface area contributed by atoms with E-state index in [0.29, 0.717) is 6.61 Å². The Hall–Kier alpha value is -1.39. The van der Waals surface area contributed by atoms with Crippen molar-refractivity contribution < 1.29 is 4.74 Å². The second-order valence-electron chi connectivity index (χ2n) is 5.38. The molecule has 1 fully saturated rings. The maximum absolute atomic E-state index is 5.77. The van der Waals surface area contributed by atoms with E-state index in [1.165, 1.54) is 28.4 Å². The Morgan fingerprint density at radius 3 is 2.81 bits per heavy atom. The summed E-state index contributed by atoms with van der Waals surface area (Å²) in [5.41, 5.74) is 1.34. The van der Waals surface area contributed by atoms with Crippen molar-refractivity contribution in [3.05, 3.63) is 45.9 Å². The topological polar surface area (TPSA) is 34.1 Å². The van der Waals surface area contributed by atoms with E-state index >= 15 is 0 Å². The Labute approximate surface area is 130 Å². The molecule has 0 unspecified atom stereocenters. The van der Waals surface area contributed by atoms with Gasteiger partial charge in [0.05, 0.1) is 17.3 Å². The average molecular weight is 302 g/mol. The van der Waals surface area contributed by atoms with Crippen molar-refractivity contribution in [2.24, 2.45) is 0 Å². The van der Waals surface area contributed by atoms with Crippen LogP contribution < -0.4 is 10.1 Å². The predicted octanol–water partition coefficient (Wildman–Crippen LogP) is 3.75. The van der Waals surface area contributed by atoms with Crippen LogP contribution in [-0.4, -0.2) is 18.1 Å². The fourth-order valence-corrected chi connectivity index (χ4v) is 3.44. The Morgan fingerprint density at radius 1 is 1.29 bits per heavy atom. The highest BCUT2D eigenvalue weighted by Crippen LogP contribution is 2.42. The van der Waals surface area contributed by atoms with Crippen LogP contribution in [0.2, 0.25) is 0 Å². The van der Waals surface area contributed by atoms with E-state index in [9.17, 15) is 0 Å². The molecule has 112 valence electrons. The number of benzene rings is 1. The summed E-state index contributed by atoms with van der Waals surface area (Å²) in [6.45, 7) is 4.81. The Balaban J connectivity index is 1.57. The minimum Gasteiger partial charge on any atom is -0.493 e. The van der Waals surface area contributed by atoms with Crippen LogP contribution in [0.5, 0.6) is 5.75 Å². The lowest BCUT2D eigenvalue weighted by Gasteiger charge is -2.03. The van der Waals surface area contributed by atoms with Crippen LogP contribution in [0.3, 0.4) is 0 Å². The first-order valence-corrected chi connectivity index (χ1v) is 8.55. The highest BCUT2D eigenvalue weighted by Gasteiger charge is 2.29. The normalized spacial score (nSPS) is 14.3. The molecule has 1 aliphatic rings. The third-order valence-corrected chi connectivity index (χ3v) is 4.73. The summed E-state index contributed by atoms with van der Waals surface area (Å²) in [7, 11) is 0. The first-order chi connectivity index (χ1) is 10.4. The molecule has 2 aromatic rings. The van der Waals surface area contributed by atoms with Gasteiger partial charge in [-0.05, 0) is 31.5 Å². The van der Waals surface area contributed by atoms with Gasteiger partial charge in [0.2, 0.25) is 0 Å². The monoisotopic (exact) mass is 302 g/mol. The molecule has 1 saturated carbocycles. The number of ether oxygens (including phenoxy) is 1. The van der Waals surface area contributed by atoms with Crippen LogP contribution in [0.15, 0.2) is 30.3 Å². The molecule has 0 bridgehead atoms. The van der Waals surface area contributed by atoms with Gasteiger partial charge in [-0.1, -0.05) is 25.1 Å². The van der Waals surface area contributed by atoms with Gasteiger partial charge >= 0.3 is 0 Å². The van der Waals surface area contributed by atoms with Crippen molar-refractivity contribution in [2.45, 2.75) is 38.6 Å². The number of hydrogen-bond donors (Lipinski definition) is 1. The Kier molecular flexibility index (Phi) is 4.88. The first kappa shape index (κ1) is 14.5. The van der Waals surface area contributed by atoms with E-state index < -0.39 is 0 Å². The van der Waals surface area contributed by atoms with Gasteiger partial charge in [-0.2, -0.15) is 0 Å². The van der Waals surface area contributed by atoms with Gasteiger partial charge in [0.25, 0.3) is 0 Å². The highest BCUT2D eigenvalue weighted by molar-refractivity contribution is 7.11. The van der Waals surface area contributed by atoms with E-state index in [4.69, 9.17) is 9.72 Å². The van der Waals surface area contributed by atoms with Gasteiger partial charge in [-0.15, -0.1) is 11.3 Å². The van der Waals surface area contributed by atoms with Gasteiger partial charge in [0, 0.05) is 23.8 Å². The van der Waals surface area contributed by atoms with Crippen molar-refractivity contribution in [2.75, 3.05) is 13.2 Å². The minimum absolute atomic E-state index is 0.697. The molecule has 0 radical (unpaired) electrons. The zero-order valence-electron chi connectivity index (χ0n) is 12.5. The van der Waals surface area contributed by atoms with Crippen molar-refractivity contribution in [1.82, 2.24) is 10.3 Å². The molecule has 1 N–H and O–H groups in total. The van der Waals surface area contributed by atoms with Crippen LogP contribution in [0, 0.1) is 0 Å². The Bertz CT molecular complexity index is 563. The van der Waals surface area contributed by atoms with Gasteiger partial charge < -0.3 is 10.1 Å². The smallest absolute Gasteiger partial charge is 0.119 e. The lowest BCUT2D eigenvalue weighted by molar-refractivity contribution is 0.321. The third-order valence-electron chi connectivity index (χ3n) is 3.60. The summed E-state index contributed by atoms with van der Waals surface area (Å²) < 4.78 is 5.77. The van der Waals surface area contributed by atoms with Gasteiger partial charge in [-0.3, -0.25) is 0 Å². The van der Waals surface area contributed by atoms with Crippen LogP contribution in [-0.2, 0) is 13.0 Å². The quantitative estimate of drug-likeness (QED) is 0.806. The lowest BCUT2D eigenvalue weighted by Crippen LogP contribution is -2.11. The van der Waals surface area contributed by atoms with E-state index in [-0.39, 0.29) is 0 Å². The van der Waals surface area contributed by atoms with Crippen LogP contribution in [0.25, 0.3) is 0 Å². The first-order valence-electron chi connectivity index (χ1n) is 7.74.